The number of aromatic nitrogens is 2. The Morgan fingerprint density at radius 1 is 1.44 bits per heavy atom. The fourth-order valence-electron chi connectivity index (χ4n) is 1.73. The van der Waals surface area contributed by atoms with E-state index in [1.165, 1.54) is 0 Å². The summed E-state index contributed by atoms with van der Waals surface area (Å²) in [5, 5.41) is 4.15. The van der Waals surface area contributed by atoms with Crippen molar-refractivity contribution in [1.82, 2.24) is 15.3 Å². The molecule has 0 saturated heterocycles. The van der Waals surface area contributed by atoms with Gasteiger partial charge in [0, 0.05) is 23.6 Å². The van der Waals surface area contributed by atoms with Crippen LogP contribution in [-0.2, 0) is 6.42 Å². The molecule has 0 spiro atoms. The lowest BCUT2D eigenvalue weighted by Gasteiger charge is -2.14. The van der Waals surface area contributed by atoms with Crippen molar-refractivity contribution in [3.8, 4) is 0 Å². The third-order valence-corrected chi connectivity index (χ3v) is 3.72. The highest BCUT2D eigenvalue weighted by atomic mass is 32.2. The zero-order valence-corrected chi connectivity index (χ0v) is 12.3. The standard InChI is InChI=1S/C13H23N3OS/c1-4-7-11-8-12(17)16-13(15-11)18-9-10(5-2)14-6-3/h8,10,14H,4-7,9H2,1-3H3,(H,15,16,17). The minimum absolute atomic E-state index is 0.0487. The topological polar surface area (TPSA) is 57.8 Å². The maximum Gasteiger partial charge on any atom is 0.251 e. The molecule has 0 aliphatic carbocycles. The first-order chi connectivity index (χ1) is 8.69. The molecule has 5 heteroatoms. The quantitative estimate of drug-likeness (QED) is 0.561. The predicted octanol–water partition coefficient (Wildman–Crippen LogP) is 2.20. The van der Waals surface area contributed by atoms with Crippen molar-refractivity contribution >= 4 is 11.8 Å². The molecule has 0 amide bonds. The summed E-state index contributed by atoms with van der Waals surface area (Å²) in [6.07, 6.45) is 2.96. The third kappa shape index (κ3) is 5.23. The molecule has 0 aliphatic heterocycles. The van der Waals surface area contributed by atoms with E-state index >= 15 is 0 Å². The summed E-state index contributed by atoms with van der Waals surface area (Å²) in [5.41, 5.74) is 0.840. The molecule has 1 atom stereocenters. The van der Waals surface area contributed by atoms with Crippen molar-refractivity contribution in [3.63, 3.8) is 0 Å². The van der Waals surface area contributed by atoms with E-state index < -0.39 is 0 Å². The van der Waals surface area contributed by atoms with Gasteiger partial charge in [0.2, 0.25) is 0 Å². The van der Waals surface area contributed by atoms with Crippen LogP contribution in [0.4, 0.5) is 0 Å². The summed E-state index contributed by atoms with van der Waals surface area (Å²) in [4.78, 5) is 18.8. The highest BCUT2D eigenvalue weighted by Gasteiger charge is 2.07. The van der Waals surface area contributed by atoms with Gasteiger partial charge in [-0.1, -0.05) is 39.0 Å². The van der Waals surface area contributed by atoms with Crippen molar-refractivity contribution in [2.45, 2.75) is 51.2 Å². The highest BCUT2D eigenvalue weighted by Crippen LogP contribution is 2.14. The summed E-state index contributed by atoms with van der Waals surface area (Å²) in [7, 11) is 0. The Morgan fingerprint density at radius 2 is 2.22 bits per heavy atom. The summed E-state index contributed by atoms with van der Waals surface area (Å²) >= 11 is 1.62. The fourth-order valence-corrected chi connectivity index (χ4v) is 2.79. The monoisotopic (exact) mass is 269 g/mol. The van der Waals surface area contributed by atoms with Crippen LogP contribution in [0.5, 0.6) is 0 Å². The van der Waals surface area contributed by atoms with Gasteiger partial charge in [-0.2, -0.15) is 0 Å². The van der Waals surface area contributed by atoms with Gasteiger partial charge in [-0.3, -0.25) is 4.79 Å². The van der Waals surface area contributed by atoms with Gasteiger partial charge < -0.3 is 10.3 Å². The van der Waals surface area contributed by atoms with Crippen LogP contribution in [0.15, 0.2) is 16.0 Å². The van der Waals surface area contributed by atoms with Gasteiger partial charge in [0.1, 0.15) is 0 Å². The van der Waals surface area contributed by atoms with Crippen LogP contribution >= 0.6 is 11.8 Å². The second-order valence-corrected chi connectivity index (χ2v) is 5.27. The molecule has 0 bridgehead atoms. The molecule has 1 aromatic rings. The molecular weight excluding hydrogens is 246 g/mol. The van der Waals surface area contributed by atoms with Gasteiger partial charge >= 0.3 is 0 Å². The van der Waals surface area contributed by atoms with E-state index in [9.17, 15) is 4.79 Å². The SMILES string of the molecule is CCCc1cc(=O)[nH]c(SCC(CC)NCC)n1. The first-order valence-corrected chi connectivity index (χ1v) is 7.64. The van der Waals surface area contributed by atoms with E-state index in [-0.39, 0.29) is 5.56 Å². The Hall–Kier alpha value is -0.810. The number of aromatic amines is 1. The molecule has 2 N–H and O–H groups in total. The molecule has 0 radical (unpaired) electrons. The minimum atomic E-state index is -0.0487. The van der Waals surface area contributed by atoms with Crippen LogP contribution in [0.25, 0.3) is 0 Å². The summed E-state index contributed by atoms with van der Waals surface area (Å²) < 4.78 is 0. The van der Waals surface area contributed by atoms with Crippen molar-refractivity contribution < 1.29 is 0 Å². The number of hydrogen-bond acceptors (Lipinski definition) is 4. The molecule has 0 fully saturated rings. The summed E-state index contributed by atoms with van der Waals surface area (Å²) in [5.74, 6) is 0.933. The number of nitrogens with one attached hydrogen (secondary N) is 2. The molecule has 1 rings (SSSR count). The molecule has 0 aliphatic rings. The lowest BCUT2D eigenvalue weighted by Crippen LogP contribution is -2.30. The second kappa shape index (κ2) is 8.32. The summed E-state index contributed by atoms with van der Waals surface area (Å²) in [6, 6.07) is 2.06. The molecule has 1 heterocycles. The average molecular weight is 269 g/mol. The van der Waals surface area contributed by atoms with Crippen molar-refractivity contribution in [3.05, 3.63) is 22.1 Å². The predicted molar refractivity (Wildman–Crippen MR) is 77.3 cm³/mol. The Bertz CT molecular complexity index is 405. The second-order valence-electron chi connectivity index (χ2n) is 4.27. The molecule has 0 saturated carbocycles. The van der Waals surface area contributed by atoms with Crippen molar-refractivity contribution in [1.29, 1.82) is 0 Å². The highest BCUT2D eigenvalue weighted by molar-refractivity contribution is 7.99. The number of H-pyrrole nitrogens is 1. The van der Waals surface area contributed by atoms with Crippen LogP contribution in [0.3, 0.4) is 0 Å². The van der Waals surface area contributed by atoms with Gasteiger partial charge in [0.05, 0.1) is 0 Å². The molecule has 1 aromatic heterocycles. The first kappa shape index (κ1) is 15.2. The van der Waals surface area contributed by atoms with Crippen LogP contribution in [0.2, 0.25) is 0 Å². The van der Waals surface area contributed by atoms with Gasteiger partial charge in [0.25, 0.3) is 5.56 Å². The third-order valence-electron chi connectivity index (χ3n) is 2.69. The lowest BCUT2D eigenvalue weighted by atomic mass is 10.2. The zero-order chi connectivity index (χ0) is 13.4. The maximum atomic E-state index is 11.5. The van der Waals surface area contributed by atoms with Gasteiger partial charge in [-0.05, 0) is 19.4 Å². The van der Waals surface area contributed by atoms with E-state index in [1.807, 2.05) is 0 Å². The van der Waals surface area contributed by atoms with E-state index in [4.69, 9.17) is 0 Å². The van der Waals surface area contributed by atoms with Crippen LogP contribution in [-0.4, -0.2) is 28.3 Å². The van der Waals surface area contributed by atoms with Gasteiger partial charge in [0.15, 0.2) is 5.16 Å². The first-order valence-electron chi connectivity index (χ1n) is 6.66. The van der Waals surface area contributed by atoms with E-state index in [0.717, 1.165) is 42.4 Å². The van der Waals surface area contributed by atoms with E-state index in [1.54, 1.807) is 17.8 Å². The van der Waals surface area contributed by atoms with Gasteiger partial charge in [-0.25, -0.2) is 4.98 Å². The largest absolute Gasteiger partial charge is 0.313 e. The number of hydrogen-bond donors (Lipinski definition) is 2. The smallest absolute Gasteiger partial charge is 0.251 e. The maximum absolute atomic E-state index is 11.5. The number of aryl methyl sites for hydroxylation is 1. The zero-order valence-electron chi connectivity index (χ0n) is 11.5. The van der Waals surface area contributed by atoms with Crippen LogP contribution in [0, 0.1) is 0 Å². The number of rotatable bonds is 8. The average Bonchev–Trinajstić information content (AvgIpc) is 2.34. The Kier molecular flexibility index (Phi) is 7.05. The van der Waals surface area contributed by atoms with Crippen LogP contribution < -0.4 is 10.9 Å². The molecule has 1 unspecified atom stereocenters. The fraction of sp³-hybridized carbons (Fsp3) is 0.692. The van der Waals surface area contributed by atoms with E-state index in [0.29, 0.717) is 6.04 Å². The Balaban J connectivity index is 2.63. The van der Waals surface area contributed by atoms with Crippen LogP contribution in [0.1, 0.15) is 39.3 Å². The van der Waals surface area contributed by atoms with Crippen molar-refractivity contribution in [2.24, 2.45) is 0 Å². The minimum Gasteiger partial charge on any atom is -0.313 e. The Labute approximate surface area is 113 Å². The van der Waals surface area contributed by atoms with Crippen molar-refractivity contribution in [2.75, 3.05) is 12.3 Å². The normalized spacial score (nSPS) is 12.6. The molecule has 18 heavy (non-hydrogen) atoms. The summed E-state index contributed by atoms with van der Waals surface area (Å²) in [6.45, 7) is 7.33. The molecule has 102 valence electrons. The van der Waals surface area contributed by atoms with Gasteiger partial charge in [-0.15, -0.1) is 0 Å². The molecule has 0 aromatic carbocycles. The van der Waals surface area contributed by atoms with E-state index in [2.05, 4.69) is 36.1 Å². The molecular formula is C13H23N3OS. The molecule has 4 nitrogen and oxygen atoms in total. The Morgan fingerprint density at radius 3 is 2.83 bits per heavy atom. The lowest BCUT2D eigenvalue weighted by molar-refractivity contribution is 0.559. The number of thioether (sulfide) groups is 1. The number of nitrogens with zero attached hydrogens (tertiary/aromatic N) is 1.